The number of hydrogen-bond donors (Lipinski definition) is 0. The van der Waals surface area contributed by atoms with Crippen LogP contribution in [0.25, 0.3) is 0 Å². The predicted molar refractivity (Wildman–Crippen MR) is 73.0 cm³/mol. The summed E-state index contributed by atoms with van der Waals surface area (Å²) in [6, 6.07) is 0. The van der Waals surface area contributed by atoms with Crippen LogP contribution in [-0.4, -0.2) is 68.2 Å². The van der Waals surface area contributed by atoms with Crippen LogP contribution in [0.2, 0.25) is 0 Å². The minimum absolute atomic E-state index is 0.206. The molecular formula is C12H19F7NO4P. The Balaban J connectivity index is 3.46. The highest BCUT2D eigenvalue weighted by molar-refractivity contribution is 7.54. The molecule has 13 heteroatoms. The maximum Gasteiger partial charge on any atom is 0.459 e. The van der Waals surface area contributed by atoms with Crippen molar-refractivity contribution >= 4 is 7.60 Å². The molecule has 1 unspecified atom stereocenters. The zero-order chi connectivity index (χ0) is 19.5. The fraction of sp³-hybridized carbons (Fsp3) is 1.00. The molecule has 1 aliphatic rings. The van der Waals surface area contributed by atoms with Gasteiger partial charge < -0.3 is 13.8 Å². The van der Waals surface area contributed by atoms with Crippen molar-refractivity contribution in [2.45, 2.75) is 37.7 Å². The molecule has 1 aliphatic heterocycles. The van der Waals surface area contributed by atoms with E-state index in [0.717, 1.165) is 0 Å². The van der Waals surface area contributed by atoms with Gasteiger partial charge >= 0.3 is 25.6 Å². The second-order valence-electron chi connectivity index (χ2n) is 5.09. The SMILES string of the molecule is CCOP(=O)(OCC)C(N1CCOCC1)C(F)(F)C(F)(F)C(F)(F)F. The molecule has 25 heavy (non-hydrogen) atoms. The van der Waals surface area contributed by atoms with Crippen LogP contribution in [0.1, 0.15) is 13.8 Å². The molecule has 0 aromatic carbocycles. The summed E-state index contributed by atoms with van der Waals surface area (Å²) in [7, 11) is -5.05. The molecule has 0 spiro atoms. The number of morpholine rings is 1. The molecule has 0 amide bonds. The Bertz CT molecular complexity index is 473. The summed E-state index contributed by atoms with van der Waals surface area (Å²) in [4.78, 5) is 0.537. The van der Waals surface area contributed by atoms with Gasteiger partial charge in [0, 0.05) is 13.1 Å². The second-order valence-corrected chi connectivity index (χ2v) is 7.18. The Morgan fingerprint density at radius 2 is 1.44 bits per heavy atom. The normalized spacial score (nSPS) is 19.9. The number of rotatable bonds is 8. The third-order valence-corrected chi connectivity index (χ3v) is 5.89. The van der Waals surface area contributed by atoms with Crippen LogP contribution in [0, 0.1) is 0 Å². The maximum atomic E-state index is 14.4. The number of alkyl halides is 7. The van der Waals surface area contributed by atoms with E-state index in [1.54, 1.807) is 0 Å². The van der Waals surface area contributed by atoms with Crippen molar-refractivity contribution in [3.8, 4) is 0 Å². The van der Waals surface area contributed by atoms with E-state index in [1.165, 1.54) is 13.8 Å². The monoisotopic (exact) mass is 405 g/mol. The Morgan fingerprint density at radius 3 is 1.80 bits per heavy atom. The first-order chi connectivity index (χ1) is 11.3. The van der Waals surface area contributed by atoms with E-state index in [1.807, 2.05) is 0 Å². The highest BCUT2D eigenvalue weighted by Crippen LogP contribution is 2.63. The molecule has 0 N–H and O–H groups in total. The summed E-state index contributed by atoms with van der Waals surface area (Å²) in [5, 5.41) is 0. The second kappa shape index (κ2) is 8.08. The van der Waals surface area contributed by atoms with Gasteiger partial charge in [-0.15, -0.1) is 0 Å². The van der Waals surface area contributed by atoms with Crippen LogP contribution in [0.15, 0.2) is 0 Å². The Morgan fingerprint density at radius 1 is 1.00 bits per heavy atom. The fourth-order valence-corrected chi connectivity index (χ4v) is 4.61. The third-order valence-electron chi connectivity index (χ3n) is 3.41. The van der Waals surface area contributed by atoms with Crippen molar-refractivity contribution < 1.29 is 49.1 Å². The summed E-state index contributed by atoms with van der Waals surface area (Å²) >= 11 is 0. The largest absolute Gasteiger partial charge is 0.459 e. The minimum Gasteiger partial charge on any atom is -0.379 e. The smallest absolute Gasteiger partial charge is 0.379 e. The van der Waals surface area contributed by atoms with Gasteiger partial charge in [0.05, 0.1) is 26.4 Å². The standard InChI is InChI=1S/C12H19F7NO4P/c1-3-23-25(21,24-4-2)9(20-5-7-22-8-6-20)10(13,14)11(15,16)12(17,18)19/h9H,3-8H2,1-2H3. The molecule has 0 saturated carbocycles. The summed E-state index contributed by atoms with van der Waals surface area (Å²) in [5.41, 5.74) is 0. The fourth-order valence-electron chi connectivity index (χ4n) is 2.34. The number of halogens is 7. The molecule has 1 heterocycles. The third kappa shape index (κ3) is 4.47. The Labute approximate surface area is 139 Å². The van der Waals surface area contributed by atoms with E-state index in [0.29, 0.717) is 4.90 Å². The van der Waals surface area contributed by atoms with Crippen molar-refractivity contribution in [2.75, 3.05) is 39.5 Å². The van der Waals surface area contributed by atoms with E-state index in [4.69, 9.17) is 4.74 Å². The first-order valence-electron chi connectivity index (χ1n) is 7.38. The van der Waals surface area contributed by atoms with Crippen molar-refractivity contribution in [2.24, 2.45) is 0 Å². The first kappa shape index (κ1) is 22.6. The molecular weight excluding hydrogens is 386 g/mol. The molecule has 1 atom stereocenters. The molecule has 0 aromatic rings. The summed E-state index contributed by atoms with van der Waals surface area (Å²) in [6.07, 6.45) is -6.55. The maximum absolute atomic E-state index is 14.4. The summed E-state index contributed by atoms with van der Waals surface area (Å²) in [5.74, 6) is -15.3. The molecule has 1 rings (SSSR count). The van der Waals surface area contributed by atoms with Gasteiger partial charge in [0.25, 0.3) is 0 Å². The molecule has 1 fully saturated rings. The van der Waals surface area contributed by atoms with E-state index >= 15 is 0 Å². The van der Waals surface area contributed by atoms with Gasteiger partial charge in [-0.05, 0) is 13.8 Å². The zero-order valence-corrected chi connectivity index (χ0v) is 14.4. The lowest BCUT2D eigenvalue weighted by Crippen LogP contribution is -2.63. The van der Waals surface area contributed by atoms with Crippen LogP contribution < -0.4 is 0 Å². The van der Waals surface area contributed by atoms with E-state index < -0.39 is 57.7 Å². The molecule has 0 bridgehead atoms. The Kier molecular flexibility index (Phi) is 7.31. The molecule has 150 valence electrons. The van der Waals surface area contributed by atoms with Crippen LogP contribution >= 0.6 is 7.60 Å². The van der Waals surface area contributed by atoms with Crippen LogP contribution in [0.5, 0.6) is 0 Å². The summed E-state index contributed by atoms with van der Waals surface area (Å²) in [6.45, 7) is 0.212. The van der Waals surface area contributed by atoms with Gasteiger partial charge in [0.1, 0.15) is 0 Å². The van der Waals surface area contributed by atoms with E-state index in [2.05, 4.69) is 9.05 Å². The number of hydrogen-bond acceptors (Lipinski definition) is 5. The van der Waals surface area contributed by atoms with Gasteiger partial charge in [-0.3, -0.25) is 9.46 Å². The van der Waals surface area contributed by atoms with E-state index in [-0.39, 0.29) is 13.2 Å². The Hall–Kier alpha value is -0.420. The van der Waals surface area contributed by atoms with Crippen molar-refractivity contribution in [3.05, 3.63) is 0 Å². The number of ether oxygens (including phenoxy) is 1. The van der Waals surface area contributed by atoms with Crippen LogP contribution in [0.3, 0.4) is 0 Å². The topological polar surface area (TPSA) is 48.0 Å². The lowest BCUT2D eigenvalue weighted by molar-refractivity contribution is -0.361. The van der Waals surface area contributed by atoms with Crippen molar-refractivity contribution in [3.63, 3.8) is 0 Å². The predicted octanol–water partition coefficient (Wildman–Crippen LogP) is 3.74. The lowest BCUT2D eigenvalue weighted by Gasteiger charge is -2.43. The van der Waals surface area contributed by atoms with Crippen LogP contribution in [-0.2, 0) is 18.3 Å². The molecule has 0 aromatic heterocycles. The van der Waals surface area contributed by atoms with Crippen molar-refractivity contribution in [1.29, 1.82) is 0 Å². The van der Waals surface area contributed by atoms with Gasteiger partial charge in [-0.25, -0.2) is 0 Å². The van der Waals surface area contributed by atoms with Gasteiger partial charge in [0.2, 0.25) is 0 Å². The molecule has 5 nitrogen and oxygen atoms in total. The summed E-state index contributed by atoms with van der Waals surface area (Å²) < 4.78 is 121. The highest BCUT2D eigenvalue weighted by Gasteiger charge is 2.79. The zero-order valence-electron chi connectivity index (χ0n) is 13.5. The molecule has 0 aliphatic carbocycles. The average Bonchev–Trinajstić information content (AvgIpc) is 2.47. The average molecular weight is 405 g/mol. The van der Waals surface area contributed by atoms with E-state index in [9.17, 15) is 35.3 Å². The van der Waals surface area contributed by atoms with Gasteiger partial charge in [-0.2, -0.15) is 30.7 Å². The lowest BCUT2D eigenvalue weighted by atomic mass is 10.1. The highest BCUT2D eigenvalue weighted by atomic mass is 31.2. The van der Waals surface area contributed by atoms with Gasteiger partial charge in [0.15, 0.2) is 5.78 Å². The number of nitrogens with zero attached hydrogens (tertiary/aromatic N) is 1. The molecule has 0 radical (unpaired) electrons. The van der Waals surface area contributed by atoms with Gasteiger partial charge in [-0.1, -0.05) is 0 Å². The molecule has 1 saturated heterocycles. The quantitative estimate of drug-likeness (QED) is 0.455. The van der Waals surface area contributed by atoms with Crippen molar-refractivity contribution in [1.82, 2.24) is 4.90 Å². The first-order valence-corrected chi connectivity index (χ1v) is 8.99. The van der Waals surface area contributed by atoms with Crippen LogP contribution in [0.4, 0.5) is 30.7 Å². The minimum atomic E-state index is -6.55.